The topological polar surface area (TPSA) is 13.6 Å². The van der Waals surface area contributed by atoms with E-state index < -0.39 is 0 Å². The highest BCUT2D eigenvalue weighted by Crippen LogP contribution is 2.42. The molecule has 0 N–H and O–H groups in total. The van der Waals surface area contributed by atoms with Gasteiger partial charge in [0.05, 0.1) is 24.2 Å². The quantitative estimate of drug-likeness (QED) is 0.194. The van der Waals surface area contributed by atoms with Crippen LogP contribution in [0.15, 0.2) is 127 Å². The van der Waals surface area contributed by atoms with Gasteiger partial charge in [-0.25, -0.2) is 9.69 Å². The molecule has 8 aromatic rings. The maximum Gasteiger partial charge on any atom is 0.189 e. The van der Waals surface area contributed by atoms with E-state index in [1.165, 1.54) is 31.3 Å². The Bertz CT molecular complexity index is 2430. The molecule has 194 valence electrons. The monoisotopic (exact) mass is 551 g/mol. The number of rotatable bonds is 3. The lowest BCUT2D eigenvalue weighted by molar-refractivity contribution is 1.18. The molecular formula is C38H21N3S. The number of hydrogen-bond acceptors (Lipinski definition) is 1. The molecule has 0 aliphatic rings. The third-order valence-corrected chi connectivity index (χ3v) is 9.21. The molecule has 0 bridgehead atoms. The highest BCUT2D eigenvalue weighted by molar-refractivity contribution is 7.26. The van der Waals surface area contributed by atoms with Crippen molar-refractivity contribution in [3.8, 4) is 27.9 Å². The second-order valence-corrected chi connectivity index (χ2v) is 11.4. The van der Waals surface area contributed by atoms with Gasteiger partial charge in [0.2, 0.25) is 0 Å². The Morgan fingerprint density at radius 3 is 2.14 bits per heavy atom. The Labute approximate surface area is 246 Å². The average Bonchev–Trinajstić information content (AvgIpc) is 3.60. The molecule has 8 rings (SSSR count). The third-order valence-electron chi connectivity index (χ3n) is 7.99. The zero-order chi connectivity index (χ0) is 28.2. The van der Waals surface area contributed by atoms with Crippen LogP contribution in [-0.2, 0) is 0 Å². The van der Waals surface area contributed by atoms with E-state index in [-0.39, 0.29) is 0 Å². The van der Waals surface area contributed by atoms with Crippen LogP contribution in [0.1, 0.15) is 0 Å². The molecule has 0 unspecified atom stereocenters. The van der Waals surface area contributed by atoms with Crippen molar-refractivity contribution in [1.29, 1.82) is 0 Å². The normalized spacial score (nSPS) is 11.3. The van der Waals surface area contributed by atoms with Gasteiger partial charge in [-0.05, 0) is 76.2 Å². The van der Waals surface area contributed by atoms with Crippen molar-refractivity contribution in [3.63, 3.8) is 0 Å². The molecule has 6 aromatic carbocycles. The molecule has 4 heteroatoms. The van der Waals surface area contributed by atoms with Crippen molar-refractivity contribution in [1.82, 2.24) is 4.57 Å². The highest BCUT2D eigenvalue weighted by atomic mass is 32.1. The molecule has 0 fully saturated rings. The summed E-state index contributed by atoms with van der Waals surface area (Å²) in [4.78, 5) is 7.52. The number of hydrogen-bond donors (Lipinski definition) is 0. The lowest BCUT2D eigenvalue weighted by Crippen LogP contribution is -1.94. The van der Waals surface area contributed by atoms with E-state index in [0.717, 1.165) is 38.6 Å². The van der Waals surface area contributed by atoms with Crippen molar-refractivity contribution in [3.05, 3.63) is 150 Å². The van der Waals surface area contributed by atoms with E-state index in [9.17, 15) is 0 Å². The summed E-state index contributed by atoms with van der Waals surface area (Å²) in [6, 6.07) is 44.0. The van der Waals surface area contributed by atoms with Gasteiger partial charge in [0.15, 0.2) is 11.4 Å². The minimum absolute atomic E-state index is 0.591. The predicted molar refractivity (Wildman–Crippen MR) is 177 cm³/mol. The number of thiophene rings is 1. The summed E-state index contributed by atoms with van der Waals surface area (Å²) in [6.07, 6.45) is 0. The third kappa shape index (κ3) is 3.71. The number of fused-ring (bicyclic) bond motifs is 6. The van der Waals surface area contributed by atoms with Crippen LogP contribution < -0.4 is 0 Å². The van der Waals surface area contributed by atoms with Gasteiger partial charge < -0.3 is 4.57 Å². The first kappa shape index (κ1) is 24.1. The van der Waals surface area contributed by atoms with Crippen molar-refractivity contribution < 1.29 is 0 Å². The van der Waals surface area contributed by atoms with Gasteiger partial charge in [-0.2, -0.15) is 0 Å². The van der Waals surface area contributed by atoms with Gasteiger partial charge in [-0.1, -0.05) is 78.9 Å². The molecule has 0 atom stereocenters. The summed E-state index contributed by atoms with van der Waals surface area (Å²) in [5.74, 6) is 0. The Hall–Kier alpha value is -5.68. The molecule has 0 amide bonds. The standard InChI is InChI=1S/C38H21N3S/c1-39-27-16-17-36-33(23-27)31-11-6-7-14-35(31)41(36)29-20-26(19-28(22-29)40-2)25-15-18-37-34(21-25)32-13-8-12-30(38(32)42-37)24-9-4-3-5-10-24/h3-23H. The molecule has 0 saturated heterocycles. The van der Waals surface area contributed by atoms with Crippen LogP contribution in [0.3, 0.4) is 0 Å². The summed E-state index contributed by atoms with van der Waals surface area (Å²) in [5, 5.41) is 4.60. The summed E-state index contributed by atoms with van der Waals surface area (Å²) in [5.41, 5.74) is 8.76. The van der Waals surface area contributed by atoms with E-state index in [2.05, 4.69) is 99.2 Å². The molecule has 0 aliphatic heterocycles. The number of benzene rings is 6. The van der Waals surface area contributed by atoms with Crippen molar-refractivity contribution in [2.45, 2.75) is 0 Å². The van der Waals surface area contributed by atoms with E-state index in [1.54, 1.807) is 0 Å². The second-order valence-electron chi connectivity index (χ2n) is 10.4. The first-order valence-electron chi connectivity index (χ1n) is 13.7. The smallest absolute Gasteiger partial charge is 0.189 e. The molecule has 0 spiro atoms. The first-order chi connectivity index (χ1) is 20.7. The Balaban J connectivity index is 1.34. The number of aromatic nitrogens is 1. The minimum Gasteiger partial charge on any atom is -0.311 e. The summed E-state index contributed by atoms with van der Waals surface area (Å²) in [6.45, 7) is 15.4. The number of para-hydroxylation sites is 1. The number of nitrogens with zero attached hydrogens (tertiary/aromatic N) is 3. The van der Waals surface area contributed by atoms with E-state index in [0.29, 0.717) is 11.4 Å². The molecule has 2 heterocycles. The van der Waals surface area contributed by atoms with Crippen LogP contribution in [0.4, 0.5) is 11.4 Å². The van der Waals surface area contributed by atoms with Gasteiger partial charge >= 0.3 is 0 Å². The molecule has 42 heavy (non-hydrogen) atoms. The van der Waals surface area contributed by atoms with Gasteiger partial charge in [0.1, 0.15) is 0 Å². The minimum atomic E-state index is 0.591. The molecular weight excluding hydrogens is 531 g/mol. The fraction of sp³-hybridized carbons (Fsp3) is 0. The van der Waals surface area contributed by atoms with Gasteiger partial charge in [-0.15, -0.1) is 11.3 Å². The molecule has 3 nitrogen and oxygen atoms in total. The SMILES string of the molecule is [C-]#[N+]c1cc(-c2ccc3sc4c(-c5ccccc5)cccc4c3c2)cc(-n2c3ccccc3c3cc([N+]#[C-])ccc32)c1. The van der Waals surface area contributed by atoms with Crippen LogP contribution >= 0.6 is 11.3 Å². The van der Waals surface area contributed by atoms with Crippen LogP contribution in [0.5, 0.6) is 0 Å². The van der Waals surface area contributed by atoms with Crippen molar-refractivity contribution in [2.24, 2.45) is 0 Å². The molecule has 2 aromatic heterocycles. The summed E-state index contributed by atoms with van der Waals surface area (Å²) < 4.78 is 4.74. The Kier molecular flexibility index (Phi) is 5.44. The largest absolute Gasteiger partial charge is 0.311 e. The summed E-state index contributed by atoms with van der Waals surface area (Å²) in [7, 11) is 0. The zero-order valence-corrected chi connectivity index (χ0v) is 23.2. The predicted octanol–water partition coefficient (Wildman–Crippen LogP) is 11.6. The zero-order valence-electron chi connectivity index (χ0n) is 22.4. The van der Waals surface area contributed by atoms with Crippen molar-refractivity contribution in [2.75, 3.05) is 0 Å². The Morgan fingerprint density at radius 1 is 0.500 bits per heavy atom. The molecule has 0 saturated carbocycles. The fourth-order valence-electron chi connectivity index (χ4n) is 6.09. The highest BCUT2D eigenvalue weighted by Gasteiger charge is 2.16. The molecule has 0 aliphatic carbocycles. The van der Waals surface area contributed by atoms with Crippen LogP contribution in [0.25, 0.3) is 79.6 Å². The second kappa shape index (κ2) is 9.46. The molecule has 0 radical (unpaired) electrons. The fourth-order valence-corrected chi connectivity index (χ4v) is 7.31. The van der Waals surface area contributed by atoms with Gasteiger partial charge in [0.25, 0.3) is 0 Å². The van der Waals surface area contributed by atoms with E-state index in [4.69, 9.17) is 13.1 Å². The van der Waals surface area contributed by atoms with E-state index in [1.807, 2.05) is 53.8 Å². The summed E-state index contributed by atoms with van der Waals surface area (Å²) >= 11 is 1.83. The van der Waals surface area contributed by atoms with Gasteiger partial charge in [-0.3, -0.25) is 0 Å². The van der Waals surface area contributed by atoms with E-state index >= 15 is 0 Å². The van der Waals surface area contributed by atoms with Gasteiger partial charge in [0, 0.05) is 31.2 Å². The van der Waals surface area contributed by atoms with Crippen LogP contribution in [-0.4, -0.2) is 4.57 Å². The lowest BCUT2D eigenvalue weighted by atomic mass is 9.99. The first-order valence-corrected chi connectivity index (χ1v) is 14.5. The average molecular weight is 552 g/mol. The van der Waals surface area contributed by atoms with Crippen molar-refractivity contribution >= 4 is 64.7 Å². The maximum atomic E-state index is 7.91. The maximum absolute atomic E-state index is 7.91. The van der Waals surface area contributed by atoms with Crippen LogP contribution in [0.2, 0.25) is 0 Å². The Morgan fingerprint density at radius 2 is 1.29 bits per heavy atom. The van der Waals surface area contributed by atoms with Crippen LogP contribution in [0, 0.1) is 13.1 Å². The lowest BCUT2D eigenvalue weighted by Gasteiger charge is -2.12.